The first kappa shape index (κ1) is 15.7. The number of rotatable bonds is 1. The molecule has 0 saturated heterocycles. The van der Waals surface area contributed by atoms with Crippen LogP contribution < -0.4 is 28.6 Å². The molecule has 0 saturated carbocycles. The van der Waals surface area contributed by atoms with Crippen LogP contribution in [0.25, 0.3) is 21.9 Å². The molecule has 2 N–H and O–H groups in total. The topological polar surface area (TPSA) is 70.8 Å². The van der Waals surface area contributed by atoms with E-state index in [4.69, 9.17) is 23.7 Å². The van der Waals surface area contributed by atoms with Gasteiger partial charge in [0.25, 0.3) is 0 Å². The van der Waals surface area contributed by atoms with Gasteiger partial charge in [0.2, 0.25) is 13.6 Å². The van der Waals surface area contributed by atoms with Crippen LogP contribution in [0.5, 0.6) is 34.5 Å². The van der Waals surface area contributed by atoms with Gasteiger partial charge in [0.15, 0.2) is 23.0 Å². The molecule has 3 aliphatic rings. The molecular formula is C21H18NO6+. The van der Waals surface area contributed by atoms with Gasteiger partial charge in [-0.1, -0.05) is 0 Å². The summed E-state index contributed by atoms with van der Waals surface area (Å²) in [5.41, 5.74) is 3.95. The standard InChI is InChI=1S/C21H17NO6/c1-22-7-13-19(17(24-2)6-18-21(13)28-9-27-18)12-3-14(23)10-4-15-16(26-8-25-15)5-11(10)20(12)22/h3-6,23H,7-9H2,1-2H3/p+1. The zero-order chi connectivity index (χ0) is 19.0. The number of methoxy groups -OCH3 is 1. The van der Waals surface area contributed by atoms with E-state index >= 15 is 0 Å². The SMILES string of the molecule is COc1cc2c(c3c1-c1cc(O)c4cc5c(cc4c1[NH+](C)C3)OCO5)OCO2. The van der Waals surface area contributed by atoms with Crippen LogP contribution in [0.4, 0.5) is 5.69 Å². The molecule has 1 atom stereocenters. The molecule has 3 aromatic carbocycles. The molecule has 3 aliphatic heterocycles. The highest BCUT2D eigenvalue weighted by molar-refractivity contribution is 6.05. The maximum atomic E-state index is 10.8. The Kier molecular flexibility index (Phi) is 3.01. The van der Waals surface area contributed by atoms with Crippen LogP contribution in [-0.4, -0.2) is 32.8 Å². The highest BCUT2D eigenvalue weighted by Gasteiger charge is 2.36. The van der Waals surface area contributed by atoms with Crippen LogP contribution in [0.3, 0.4) is 0 Å². The Morgan fingerprint density at radius 2 is 1.64 bits per heavy atom. The fourth-order valence-corrected chi connectivity index (χ4v) is 4.51. The normalized spacial score (nSPS) is 18.1. The number of aromatic hydroxyl groups is 1. The quantitative estimate of drug-likeness (QED) is 0.632. The van der Waals surface area contributed by atoms with E-state index in [0.29, 0.717) is 29.5 Å². The van der Waals surface area contributed by atoms with E-state index in [1.807, 2.05) is 18.2 Å². The van der Waals surface area contributed by atoms with Crippen molar-refractivity contribution >= 4 is 16.5 Å². The highest BCUT2D eigenvalue weighted by Crippen LogP contribution is 2.52. The smallest absolute Gasteiger partial charge is 0.231 e. The summed E-state index contributed by atoms with van der Waals surface area (Å²) in [5.74, 6) is 3.68. The van der Waals surface area contributed by atoms with Gasteiger partial charge in [-0.05, 0) is 18.2 Å². The van der Waals surface area contributed by atoms with Crippen molar-refractivity contribution in [2.45, 2.75) is 6.54 Å². The molecule has 3 heterocycles. The molecule has 0 aliphatic carbocycles. The molecular weight excluding hydrogens is 362 g/mol. The minimum Gasteiger partial charge on any atom is -0.507 e. The van der Waals surface area contributed by atoms with Gasteiger partial charge < -0.3 is 28.8 Å². The van der Waals surface area contributed by atoms with E-state index in [2.05, 4.69) is 7.05 Å². The van der Waals surface area contributed by atoms with Crippen LogP contribution in [-0.2, 0) is 6.54 Å². The maximum absolute atomic E-state index is 10.8. The summed E-state index contributed by atoms with van der Waals surface area (Å²) >= 11 is 0. The molecule has 3 aromatic rings. The summed E-state index contributed by atoms with van der Waals surface area (Å²) in [4.78, 5) is 1.18. The van der Waals surface area contributed by atoms with E-state index < -0.39 is 0 Å². The molecule has 142 valence electrons. The van der Waals surface area contributed by atoms with Crippen molar-refractivity contribution in [3.8, 4) is 45.6 Å². The molecule has 7 nitrogen and oxygen atoms in total. The number of benzene rings is 3. The number of quaternary nitrogens is 1. The second-order valence-electron chi connectivity index (χ2n) is 7.19. The van der Waals surface area contributed by atoms with E-state index in [9.17, 15) is 5.11 Å². The third kappa shape index (κ3) is 1.91. The Balaban J connectivity index is 1.72. The van der Waals surface area contributed by atoms with Crippen molar-refractivity contribution in [1.29, 1.82) is 0 Å². The first-order valence-electron chi connectivity index (χ1n) is 9.07. The number of hydrogen-bond donors (Lipinski definition) is 2. The lowest BCUT2D eigenvalue weighted by Gasteiger charge is -2.28. The zero-order valence-corrected chi connectivity index (χ0v) is 15.4. The van der Waals surface area contributed by atoms with Gasteiger partial charge in [-0.3, -0.25) is 4.90 Å². The fraction of sp³-hybridized carbons (Fsp3) is 0.238. The van der Waals surface area contributed by atoms with Crippen molar-refractivity contribution in [1.82, 2.24) is 0 Å². The summed E-state index contributed by atoms with van der Waals surface area (Å²) in [7, 11) is 3.74. The summed E-state index contributed by atoms with van der Waals surface area (Å²) in [6.45, 7) is 1.10. The van der Waals surface area contributed by atoms with E-state index in [-0.39, 0.29) is 19.3 Å². The van der Waals surface area contributed by atoms with E-state index in [0.717, 1.165) is 38.9 Å². The molecule has 0 amide bonds. The molecule has 6 rings (SSSR count). The fourth-order valence-electron chi connectivity index (χ4n) is 4.51. The zero-order valence-electron chi connectivity index (χ0n) is 15.4. The lowest BCUT2D eigenvalue weighted by atomic mass is 9.88. The maximum Gasteiger partial charge on any atom is 0.231 e. The number of ether oxygens (including phenoxy) is 5. The van der Waals surface area contributed by atoms with Crippen LogP contribution in [0, 0.1) is 0 Å². The van der Waals surface area contributed by atoms with Gasteiger partial charge in [-0.25, -0.2) is 0 Å². The summed E-state index contributed by atoms with van der Waals surface area (Å²) in [6, 6.07) is 7.44. The Labute approximate surface area is 160 Å². The number of hydrogen-bond acceptors (Lipinski definition) is 6. The van der Waals surface area contributed by atoms with Crippen molar-refractivity contribution in [2.24, 2.45) is 0 Å². The number of phenols is 1. The molecule has 0 spiro atoms. The molecule has 7 heteroatoms. The van der Waals surface area contributed by atoms with Gasteiger partial charge in [0.1, 0.15) is 23.7 Å². The number of phenolic OH excluding ortho intramolecular Hbond substituents is 1. The second-order valence-corrected chi connectivity index (χ2v) is 7.19. The van der Waals surface area contributed by atoms with E-state index in [1.54, 1.807) is 13.2 Å². The largest absolute Gasteiger partial charge is 0.507 e. The van der Waals surface area contributed by atoms with E-state index in [1.165, 1.54) is 4.90 Å². The number of nitrogens with one attached hydrogen (secondary N) is 1. The summed E-state index contributed by atoms with van der Waals surface area (Å²) in [6.07, 6.45) is 0. The van der Waals surface area contributed by atoms with Crippen molar-refractivity contribution in [3.63, 3.8) is 0 Å². The molecule has 0 radical (unpaired) electrons. The van der Waals surface area contributed by atoms with Gasteiger partial charge in [-0.2, -0.15) is 0 Å². The van der Waals surface area contributed by atoms with Crippen molar-refractivity contribution < 1.29 is 33.7 Å². The predicted octanol–water partition coefficient (Wildman–Crippen LogP) is 2.34. The van der Waals surface area contributed by atoms with Crippen LogP contribution in [0.15, 0.2) is 24.3 Å². The van der Waals surface area contributed by atoms with Gasteiger partial charge in [0.05, 0.1) is 30.7 Å². The Morgan fingerprint density at radius 1 is 0.929 bits per heavy atom. The lowest BCUT2D eigenvalue weighted by Crippen LogP contribution is -3.03. The lowest BCUT2D eigenvalue weighted by molar-refractivity contribution is -0.824. The summed E-state index contributed by atoms with van der Waals surface area (Å²) < 4.78 is 28.1. The third-order valence-corrected chi connectivity index (χ3v) is 5.69. The van der Waals surface area contributed by atoms with Gasteiger partial charge in [0, 0.05) is 17.0 Å². The number of fused-ring (bicyclic) bond motifs is 8. The Bertz CT molecular complexity index is 1170. The first-order valence-corrected chi connectivity index (χ1v) is 9.07. The average molecular weight is 380 g/mol. The van der Waals surface area contributed by atoms with Crippen molar-refractivity contribution in [3.05, 3.63) is 29.8 Å². The highest BCUT2D eigenvalue weighted by atomic mass is 16.7. The summed E-state index contributed by atoms with van der Waals surface area (Å²) in [5, 5.41) is 12.5. The Morgan fingerprint density at radius 3 is 2.43 bits per heavy atom. The van der Waals surface area contributed by atoms with Crippen molar-refractivity contribution in [2.75, 3.05) is 27.7 Å². The molecule has 0 fully saturated rings. The first-order chi connectivity index (χ1) is 13.7. The monoisotopic (exact) mass is 380 g/mol. The second kappa shape index (κ2) is 5.36. The van der Waals surface area contributed by atoms with Crippen LogP contribution in [0.2, 0.25) is 0 Å². The van der Waals surface area contributed by atoms with Crippen LogP contribution in [0.1, 0.15) is 5.56 Å². The van der Waals surface area contributed by atoms with Gasteiger partial charge >= 0.3 is 0 Å². The average Bonchev–Trinajstić information content (AvgIpc) is 3.34. The molecule has 28 heavy (non-hydrogen) atoms. The van der Waals surface area contributed by atoms with Crippen LogP contribution >= 0.6 is 0 Å². The Hall–Kier alpha value is -3.32. The minimum absolute atomic E-state index is 0.187. The molecule has 0 aromatic heterocycles. The molecule has 0 bridgehead atoms. The van der Waals surface area contributed by atoms with Gasteiger partial charge in [-0.15, -0.1) is 0 Å². The third-order valence-electron chi connectivity index (χ3n) is 5.69. The molecule has 1 unspecified atom stereocenters. The minimum atomic E-state index is 0.187. The predicted molar refractivity (Wildman–Crippen MR) is 100 cm³/mol.